The number of likely N-dealkylation sites (tertiary alicyclic amines) is 1. The summed E-state index contributed by atoms with van der Waals surface area (Å²) in [6.07, 6.45) is 1.29. The predicted molar refractivity (Wildman–Crippen MR) is 104 cm³/mol. The molecule has 1 aliphatic rings. The molecule has 1 aromatic heterocycles. The Kier molecular flexibility index (Phi) is 5.31. The zero-order valence-electron chi connectivity index (χ0n) is 16.3. The van der Waals surface area contributed by atoms with Gasteiger partial charge in [0, 0.05) is 24.7 Å². The molecule has 1 amide bonds. The van der Waals surface area contributed by atoms with Crippen LogP contribution in [0, 0.1) is 12.7 Å². The van der Waals surface area contributed by atoms with Gasteiger partial charge < -0.3 is 14.2 Å². The summed E-state index contributed by atoms with van der Waals surface area (Å²) in [5, 5.41) is 0. The van der Waals surface area contributed by atoms with Crippen molar-refractivity contribution in [2.24, 2.45) is 0 Å². The van der Waals surface area contributed by atoms with E-state index in [1.165, 1.54) is 12.1 Å². The van der Waals surface area contributed by atoms with Crippen LogP contribution in [0.3, 0.4) is 0 Å². The van der Waals surface area contributed by atoms with Gasteiger partial charge in [-0.05, 0) is 70.4 Å². The largest absolute Gasteiger partial charge is 0.444 e. The molecule has 3 rings (SSSR count). The SMILES string of the molecule is [B]c1c(-c2ccc(F)cc2)nc(C)n1C1CCN(C(=O)OC(C)(C)C)CC1. The van der Waals surface area contributed by atoms with Gasteiger partial charge in [-0.25, -0.2) is 14.2 Å². The molecule has 0 aliphatic carbocycles. The number of amides is 1. The van der Waals surface area contributed by atoms with Crippen molar-refractivity contribution in [1.82, 2.24) is 14.5 Å². The monoisotopic (exact) mass is 369 g/mol. The lowest BCUT2D eigenvalue weighted by atomic mass is 9.95. The van der Waals surface area contributed by atoms with Gasteiger partial charge in [-0.2, -0.15) is 0 Å². The summed E-state index contributed by atoms with van der Waals surface area (Å²) in [6.45, 7) is 8.74. The Balaban J connectivity index is 1.73. The molecule has 142 valence electrons. The molecule has 0 bridgehead atoms. The van der Waals surface area contributed by atoms with E-state index >= 15 is 0 Å². The fourth-order valence-corrected chi connectivity index (χ4v) is 3.48. The average molecular weight is 369 g/mol. The highest BCUT2D eigenvalue weighted by Gasteiger charge is 2.29. The van der Waals surface area contributed by atoms with Crippen LogP contribution < -0.4 is 5.59 Å². The van der Waals surface area contributed by atoms with E-state index in [1.54, 1.807) is 17.0 Å². The number of aromatic nitrogens is 2. The topological polar surface area (TPSA) is 47.4 Å². The van der Waals surface area contributed by atoms with E-state index in [-0.39, 0.29) is 18.0 Å². The molecule has 5 nitrogen and oxygen atoms in total. The van der Waals surface area contributed by atoms with Crippen LogP contribution in [0.1, 0.15) is 45.5 Å². The van der Waals surface area contributed by atoms with Gasteiger partial charge in [-0.3, -0.25) is 0 Å². The highest BCUT2D eigenvalue weighted by atomic mass is 19.1. The van der Waals surface area contributed by atoms with Crippen LogP contribution in [0.25, 0.3) is 11.3 Å². The molecule has 0 saturated carbocycles. The van der Waals surface area contributed by atoms with Crippen molar-refractivity contribution in [1.29, 1.82) is 0 Å². The lowest BCUT2D eigenvalue weighted by Crippen LogP contribution is -2.43. The summed E-state index contributed by atoms with van der Waals surface area (Å²) in [6, 6.07) is 6.35. The van der Waals surface area contributed by atoms with Crippen LogP contribution in [0.4, 0.5) is 9.18 Å². The Labute approximate surface area is 160 Å². The smallest absolute Gasteiger partial charge is 0.410 e. The third-order valence-corrected chi connectivity index (χ3v) is 4.72. The molecule has 0 atom stereocenters. The Morgan fingerprint density at radius 2 is 1.81 bits per heavy atom. The van der Waals surface area contributed by atoms with Crippen molar-refractivity contribution in [2.45, 2.75) is 52.2 Å². The number of ether oxygens (including phenoxy) is 1. The minimum Gasteiger partial charge on any atom is -0.444 e. The van der Waals surface area contributed by atoms with E-state index in [9.17, 15) is 9.18 Å². The van der Waals surface area contributed by atoms with Crippen LogP contribution >= 0.6 is 0 Å². The number of hydrogen-bond donors (Lipinski definition) is 0. The van der Waals surface area contributed by atoms with Crippen molar-refractivity contribution in [3.05, 3.63) is 35.9 Å². The van der Waals surface area contributed by atoms with E-state index in [4.69, 9.17) is 12.6 Å². The first-order chi connectivity index (χ1) is 12.7. The van der Waals surface area contributed by atoms with Crippen LogP contribution in [0.5, 0.6) is 0 Å². The molecule has 0 N–H and O–H groups in total. The second-order valence-electron chi connectivity index (χ2n) is 7.97. The summed E-state index contributed by atoms with van der Waals surface area (Å²) in [4.78, 5) is 18.6. The van der Waals surface area contributed by atoms with Crippen molar-refractivity contribution >= 4 is 19.5 Å². The number of carbonyl (C=O) groups excluding carboxylic acids is 1. The molecule has 2 radical (unpaired) electrons. The summed E-state index contributed by atoms with van der Waals surface area (Å²) in [7, 11) is 6.38. The van der Waals surface area contributed by atoms with Crippen molar-refractivity contribution in [3.8, 4) is 11.3 Å². The molecule has 1 fully saturated rings. The lowest BCUT2D eigenvalue weighted by molar-refractivity contribution is 0.0189. The predicted octanol–water partition coefficient (Wildman–Crippen LogP) is 3.36. The first-order valence-corrected chi connectivity index (χ1v) is 9.24. The van der Waals surface area contributed by atoms with Gasteiger partial charge in [0.05, 0.1) is 5.69 Å². The minimum absolute atomic E-state index is 0.172. The number of hydrogen-bond acceptors (Lipinski definition) is 3. The highest BCUT2D eigenvalue weighted by molar-refractivity contribution is 6.34. The third-order valence-electron chi connectivity index (χ3n) is 4.72. The van der Waals surface area contributed by atoms with E-state index < -0.39 is 5.60 Å². The maximum Gasteiger partial charge on any atom is 0.410 e. The van der Waals surface area contributed by atoms with Gasteiger partial charge in [0.1, 0.15) is 25.1 Å². The van der Waals surface area contributed by atoms with Gasteiger partial charge in [0.25, 0.3) is 0 Å². The number of halogens is 1. The molecule has 7 heteroatoms. The Morgan fingerprint density at radius 1 is 1.22 bits per heavy atom. The van der Waals surface area contributed by atoms with Gasteiger partial charge in [0.2, 0.25) is 0 Å². The fraction of sp³-hybridized carbons (Fsp3) is 0.500. The lowest BCUT2D eigenvalue weighted by Gasteiger charge is -2.34. The second-order valence-corrected chi connectivity index (χ2v) is 7.97. The first-order valence-electron chi connectivity index (χ1n) is 9.24. The Morgan fingerprint density at radius 3 is 2.37 bits per heavy atom. The molecule has 27 heavy (non-hydrogen) atoms. The van der Waals surface area contributed by atoms with Crippen LogP contribution in [-0.2, 0) is 4.74 Å². The summed E-state index contributed by atoms with van der Waals surface area (Å²) in [5.41, 5.74) is 1.54. The number of aryl methyl sites for hydroxylation is 1. The summed E-state index contributed by atoms with van der Waals surface area (Å²) in [5.74, 6) is 0.533. The first kappa shape index (κ1) is 19.5. The maximum atomic E-state index is 13.2. The minimum atomic E-state index is -0.497. The molecular weight excluding hydrogens is 344 g/mol. The molecular formula is C20H25BFN3O2. The van der Waals surface area contributed by atoms with Crippen LogP contribution in [0.2, 0.25) is 0 Å². The average Bonchev–Trinajstić information content (AvgIpc) is 2.89. The van der Waals surface area contributed by atoms with Gasteiger partial charge >= 0.3 is 6.09 Å². The normalized spacial score (nSPS) is 15.8. The standard InChI is InChI=1S/C20H25BFN3O2/c1-13-23-17(14-5-7-15(22)8-6-14)18(21)25(13)16-9-11-24(12-10-16)19(26)27-20(2,3)4/h5-8,16H,9-12H2,1-4H3. The summed E-state index contributed by atoms with van der Waals surface area (Å²) < 4.78 is 20.7. The van der Waals surface area contributed by atoms with E-state index in [0.717, 1.165) is 24.2 Å². The maximum absolute atomic E-state index is 13.2. The molecule has 0 spiro atoms. The summed E-state index contributed by atoms with van der Waals surface area (Å²) >= 11 is 0. The van der Waals surface area contributed by atoms with Crippen molar-refractivity contribution in [2.75, 3.05) is 13.1 Å². The molecule has 1 saturated heterocycles. The highest BCUT2D eigenvalue weighted by Crippen LogP contribution is 2.26. The molecule has 2 heterocycles. The number of benzene rings is 1. The molecule has 1 aromatic carbocycles. The zero-order valence-corrected chi connectivity index (χ0v) is 16.3. The van der Waals surface area contributed by atoms with E-state index in [2.05, 4.69) is 4.98 Å². The van der Waals surface area contributed by atoms with Crippen LogP contribution in [-0.4, -0.2) is 47.1 Å². The van der Waals surface area contributed by atoms with E-state index in [0.29, 0.717) is 24.4 Å². The van der Waals surface area contributed by atoms with Crippen LogP contribution in [0.15, 0.2) is 24.3 Å². The van der Waals surface area contributed by atoms with E-state index in [1.807, 2.05) is 32.3 Å². The van der Waals surface area contributed by atoms with Crippen molar-refractivity contribution in [3.63, 3.8) is 0 Å². The Hall–Kier alpha value is -2.31. The van der Waals surface area contributed by atoms with Gasteiger partial charge in [-0.1, -0.05) is 0 Å². The fourth-order valence-electron chi connectivity index (χ4n) is 3.48. The number of piperidine rings is 1. The zero-order chi connectivity index (χ0) is 19.8. The Bertz CT molecular complexity index is 819. The molecule has 1 aliphatic heterocycles. The number of carbonyl (C=O) groups is 1. The quantitative estimate of drug-likeness (QED) is 0.763. The van der Waals surface area contributed by atoms with Gasteiger partial charge in [-0.15, -0.1) is 0 Å². The number of imidazole rings is 1. The number of rotatable bonds is 2. The molecule has 0 unspecified atom stereocenters. The van der Waals surface area contributed by atoms with Crippen molar-refractivity contribution < 1.29 is 13.9 Å². The third kappa shape index (κ3) is 4.34. The second kappa shape index (κ2) is 7.37. The number of nitrogens with zero attached hydrogens (tertiary/aromatic N) is 3. The molecule has 2 aromatic rings. The van der Waals surface area contributed by atoms with Gasteiger partial charge in [0.15, 0.2) is 0 Å².